The summed E-state index contributed by atoms with van der Waals surface area (Å²) in [5.74, 6) is -0.00459. The molecule has 5 heteroatoms. The maximum absolute atomic E-state index is 12.8. The number of hydrogen-bond acceptors (Lipinski definition) is 2. The number of carbonyl (C=O) groups excluding carboxylic acids is 1. The Morgan fingerprint density at radius 2 is 1.88 bits per heavy atom. The Hall–Kier alpha value is -2.33. The van der Waals surface area contributed by atoms with Crippen LogP contribution in [0, 0.1) is 13.8 Å². The molecule has 0 unspecified atom stereocenters. The number of fused-ring (bicyclic) bond motifs is 1. The molecule has 1 aromatic heterocycles. The number of benzene rings is 2. The number of aromatic nitrogens is 2. The van der Waals surface area contributed by atoms with Crippen molar-refractivity contribution in [3.05, 3.63) is 58.9 Å². The van der Waals surface area contributed by atoms with Crippen LogP contribution in [-0.2, 0) is 11.3 Å². The molecule has 4 nitrogen and oxygen atoms in total. The second-order valence-electron chi connectivity index (χ2n) is 5.81. The lowest BCUT2D eigenvalue weighted by Gasteiger charge is -2.22. The number of aryl methyl sites for hydroxylation is 1. The highest BCUT2D eigenvalue weighted by atomic mass is 35.5. The van der Waals surface area contributed by atoms with Crippen LogP contribution >= 0.6 is 11.6 Å². The molecule has 1 amide bonds. The molecule has 3 rings (SSSR count). The number of rotatable bonds is 4. The number of halogens is 1. The first-order valence-corrected chi connectivity index (χ1v) is 8.37. The van der Waals surface area contributed by atoms with E-state index in [1.807, 2.05) is 51.1 Å². The normalized spacial score (nSPS) is 11.0. The van der Waals surface area contributed by atoms with Crippen LogP contribution in [0.1, 0.15) is 18.3 Å². The summed E-state index contributed by atoms with van der Waals surface area (Å²) in [5, 5.41) is 7.25. The predicted molar refractivity (Wildman–Crippen MR) is 98.7 cm³/mol. The van der Waals surface area contributed by atoms with Gasteiger partial charge in [0.1, 0.15) is 6.54 Å². The van der Waals surface area contributed by atoms with Crippen molar-refractivity contribution in [1.29, 1.82) is 0 Å². The molecule has 0 spiro atoms. The Morgan fingerprint density at radius 1 is 1.17 bits per heavy atom. The van der Waals surface area contributed by atoms with E-state index in [2.05, 4.69) is 17.2 Å². The number of hydrogen-bond donors (Lipinski definition) is 0. The molecule has 3 aromatic rings. The van der Waals surface area contributed by atoms with Crippen LogP contribution in [0.15, 0.2) is 42.5 Å². The fourth-order valence-electron chi connectivity index (χ4n) is 2.89. The smallest absolute Gasteiger partial charge is 0.248 e. The minimum Gasteiger partial charge on any atom is -0.311 e. The quantitative estimate of drug-likeness (QED) is 0.707. The Labute approximate surface area is 146 Å². The van der Waals surface area contributed by atoms with E-state index in [1.165, 1.54) is 0 Å². The van der Waals surface area contributed by atoms with Gasteiger partial charge in [0.05, 0.1) is 16.4 Å². The van der Waals surface area contributed by atoms with Gasteiger partial charge >= 0.3 is 0 Å². The summed E-state index contributed by atoms with van der Waals surface area (Å²) in [6, 6.07) is 14.2. The molecule has 2 aromatic carbocycles. The van der Waals surface area contributed by atoms with E-state index in [4.69, 9.17) is 11.6 Å². The molecule has 0 saturated heterocycles. The second-order valence-corrected chi connectivity index (χ2v) is 6.19. The summed E-state index contributed by atoms with van der Waals surface area (Å²) in [4.78, 5) is 14.5. The third kappa shape index (κ3) is 3.02. The summed E-state index contributed by atoms with van der Waals surface area (Å²) in [6.07, 6.45) is 0. The van der Waals surface area contributed by atoms with Gasteiger partial charge in [0.15, 0.2) is 0 Å². The summed E-state index contributed by atoms with van der Waals surface area (Å²) >= 11 is 6.17. The number of carbonyl (C=O) groups is 1. The van der Waals surface area contributed by atoms with Gasteiger partial charge in [-0.3, -0.25) is 9.48 Å². The lowest BCUT2D eigenvalue weighted by atomic mass is 10.1. The highest BCUT2D eigenvalue weighted by Gasteiger charge is 2.18. The molecular formula is C19H20ClN3O. The van der Waals surface area contributed by atoms with Crippen molar-refractivity contribution in [1.82, 2.24) is 9.78 Å². The van der Waals surface area contributed by atoms with Gasteiger partial charge in [0, 0.05) is 12.2 Å². The summed E-state index contributed by atoms with van der Waals surface area (Å²) in [7, 11) is 0. The van der Waals surface area contributed by atoms with E-state index in [-0.39, 0.29) is 12.5 Å². The molecule has 24 heavy (non-hydrogen) atoms. The molecule has 0 bridgehead atoms. The van der Waals surface area contributed by atoms with Crippen LogP contribution in [0.3, 0.4) is 0 Å². The van der Waals surface area contributed by atoms with Crippen molar-refractivity contribution in [2.24, 2.45) is 0 Å². The van der Waals surface area contributed by atoms with Crippen LogP contribution in [0.25, 0.3) is 10.8 Å². The SMILES string of the molecule is CCN(C(=O)Cn1nc(C)c(Cl)c1C)c1ccc2ccccc2c1. The average Bonchev–Trinajstić information content (AvgIpc) is 2.82. The maximum atomic E-state index is 12.8. The zero-order valence-corrected chi connectivity index (χ0v) is 14.8. The van der Waals surface area contributed by atoms with Gasteiger partial charge in [-0.1, -0.05) is 41.9 Å². The lowest BCUT2D eigenvalue weighted by Crippen LogP contribution is -2.34. The van der Waals surface area contributed by atoms with Crippen LogP contribution in [-0.4, -0.2) is 22.2 Å². The fourth-order valence-corrected chi connectivity index (χ4v) is 3.03. The van der Waals surface area contributed by atoms with E-state index < -0.39 is 0 Å². The molecule has 0 aliphatic carbocycles. The van der Waals surface area contributed by atoms with E-state index >= 15 is 0 Å². The van der Waals surface area contributed by atoms with E-state index in [0.29, 0.717) is 11.6 Å². The van der Waals surface area contributed by atoms with Crippen molar-refractivity contribution < 1.29 is 4.79 Å². The molecule has 0 aliphatic rings. The van der Waals surface area contributed by atoms with Crippen molar-refractivity contribution in [3.8, 4) is 0 Å². The van der Waals surface area contributed by atoms with Gasteiger partial charge in [-0.2, -0.15) is 5.10 Å². The Bertz CT molecular complexity index is 901. The lowest BCUT2D eigenvalue weighted by molar-refractivity contribution is -0.119. The topological polar surface area (TPSA) is 38.1 Å². The Kier molecular flexibility index (Phi) is 4.58. The third-order valence-corrected chi connectivity index (χ3v) is 4.79. The van der Waals surface area contributed by atoms with Crippen molar-refractivity contribution in [3.63, 3.8) is 0 Å². The minimum atomic E-state index is -0.00459. The second kappa shape index (κ2) is 6.65. The van der Waals surface area contributed by atoms with Crippen LogP contribution in [0.5, 0.6) is 0 Å². The van der Waals surface area contributed by atoms with E-state index in [1.54, 1.807) is 9.58 Å². The molecule has 1 heterocycles. The zero-order valence-electron chi connectivity index (χ0n) is 14.1. The monoisotopic (exact) mass is 341 g/mol. The number of nitrogens with zero attached hydrogens (tertiary/aromatic N) is 3. The highest BCUT2D eigenvalue weighted by molar-refractivity contribution is 6.31. The molecule has 0 saturated carbocycles. The van der Waals surface area contributed by atoms with Gasteiger partial charge in [-0.05, 0) is 43.7 Å². The predicted octanol–water partition coefficient (Wildman–Crippen LogP) is 4.36. The van der Waals surface area contributed by atoms with Gasteiger partial charge in [0.25, 0.3) is 0 Å². The third-order valence-electron chi connectivity index (χ3n) is 4.24. The molecule has 0 atom stereocenters. The molecule has 0 fully saturated rings. The van der Waals surface area contributed by atoms with Crippen molar-refractivity contribution in [2.75, 3.05) is 11.4 Å². The fraction of sp³-hybridized carbons (Fsp3) is 0.263. The standard InChI is InChI=1S/C19H20ClN3O/c1-4-22(17-10-9-15-7-5-6-8-16(15)11-17)18(24)12-23-14(3)19(20)13(2)21-23/h5-11H,4,12H2,1-3H3. The summed E-state index contributed by atoms with van der Waals surface area (Å²) in [6.45, 7) is 6.48. The first-order chi connectivity index (χ1) is 11.5. The first kappa shape index (κ1) is 16.5. The number of likely N-dealkylation sites (N-methyl/N-ethyl adjacent to an activating group) is 1. The van der Waals surface area contributed by atoms with Gasteiger partial charge in [-0.25, -0.2) is 0 Å². The molecule has 0 N–H and O–H groups in total. The number of amides is 1. The molecule has 124 valence electrons. The van der Waals surface area contributed by atoms with Gasteiger partial charge in [0.2, 0.25) is 5.91 Å². The largest absolute Gasteiger partial charge is 0.311 e. The van der Waals surface area contributed by atoms with Gasteiger partial charge in [-0.15, -0.1) is 0 Å². The minimum absolute atomic E-state index is 0.00459. The van der Waals surface area contributed by atoms with Gasteiger partial charge < -0.3 is 4.90 Å². The van der Waals surface area contributed by atoms with Crippen LogP contribution < -0.4 is 4.90 Å². The number of anilines is 1. The Morgan fingerprint density at radius 3 is 2.50 bits per heavy atom. The molecule has 0 radical (unpaired) electrons. The van der Waals surface area contributed by atoms with Crippen LogP contribution in [0.2, 0.25) is 5.02 Å². The van der Waals surface area contributed by atoms with E-state index in [9.17, 15) is 4.79 Å². The maximum Gasteiger partial charge on any atom is 0.248 e. The highest BCUT2D eigenvalue weighted by Crippen LogP contribution is 2.23. The molecule has 0 aliphatic heterocycles. The van der Waals surface area contributed by atoms with Crippen molar-refractivity contribution in [2.45, 2.75) is 27.3 Å². The zero-order chi connectivity index (χ0) is 17.3. The summed E-state index contributed by atoms with van der Waals surface area (Å²) < 4.78 is 1.67. The Balaban J connectivity index is 1.89. The van der Waals surface area contributed by atoms with E-state index in [0.717, 1.165) is 27.8 Å². The molecular weight excluding hydrogens is 322 g/mol. The summed E-state index contributed by atoms with van der Waals surface area (Å²) in [5.41, 5.74) is 2.46. The van der Waals surface area contributed by atoms with Crippen LogP contribution in [0.4, 0.5) is 5.69 Å². The first-order valence-electron chi connectivity index (χ1n) is 8.00. The van der Waals surface area contributed by atoms with Crippen molar-refractivity contribution >= 4 is 34.0 Å². The average molecular weight is 342 g/mol.